The van der Waals surface area contributed by atoms with Crippen LogP contribution in [0.1, 0.15) is 10.4 Å². The molecule has 0 aliphatic rings. The molecule has 1 aromatic carbocycles. The van der Waals surface area contributed by atoms with Gasteiger partial charge in [-0.3, -0.25) is 0 Å². The maximum Gasteiger partial charge on any atom is 0.338 e. The lowest BCUT2D eigenvalue weighted by Gasteiger charge is -2.04. The van der Waals surface area contributed by atoms with E-state index in [0.717, 1.165) is 18.3 Å². The van der Waals surface area contributed by atoms with Gasteiger partial charge in [-0.25, -0.2) is 4.79 Å². The summed E-state index contributed by atoms with van der Waals surface area (Å²) in [5, 5.41) is 0. The first-order valence-corrected chi connectivity index (χ1v) is 7.06. The van der Waals surface area contributed by atoms with Gasteiger partial charge in [0.2, 0.25) is 0 Å². The van der Waals surface area contributed by atoms with Crippen molar-refractivity contribution in [3.63, 3.8) is 0 Å². The van der Waals surface area contributed by atoms with Crippen molar-refractivity contribution in [2.75, 3.05) is 6.23 Å². The summed E-state index contributed by atoms with van der Waals surface area (Å²) in [5.74, 6) is -0.235. The molecule has 1 rings (SSSR count). The summed E-state index contributed by atoms with van der Waals surface area (Å²) in [6.45, 7) is 0. The van der Waals surface area contributed by atoms with Crippen molar-refractivity contribution in [3.05, 3.63) is 31.8 Å². The Balaban J connectivity index is 3.01. The zero-order valence-corrected chi connectivity index (χ0v) is 12.8. The number of rotatable bonds is 2. The van der Waals surface area contributed by atoms with E-state index in [0.29, 0.717) is 11.8 Å². The fraction of sp³-hybridized carbons (Fsp3) is 0.125. The van der Waals surface area contributed by atoms with Crippen LogP contribution < -0.4 is 0 Å². The third kappa shape index (κ3) is 2.78. The van der Waals surface area contributed by atoms with E-state index in [2.05, 4.69) is 38.5 Å². The molecule has 0 spiro atoms. The zero-order valence-electron chi connectivity index (χ0n) is 7.01. The van der Waals surface area contributed by atoms with Crippen LogP contribution in [0.2, 0.25) is 0 Å². The van der Waals surface area contributed by atoms with E-state index >= 15 is 0 Å². The Morgan fingerprint density at radius 2 is 2.31 bits per heavy atom. The highest BCUT2D eigenvalue weighted by Crippen LogP contribution is 2.22. The van der Waals surface area contributed by atoms with E-state index in [-0.39, 0.29) is 5.97 Å². The van der Waals surface area contributed by atoms with Gasteiger partial charge in [-0.2, -0.15) is 0 Å². The monoisotopic (exact) mass is 370 g/mol. The summed E-state index contributed by atoms with van der Waals surface area (Å²) in [4.78, 5) is 11.4. The third-order valence-electron chi connectivity index (χ3n) is 1.45. The number of benzene rings is 1. The fourth-order valence-electron chi connectivity index (χ4n) is 0.870. The quantitative estimate of drug-likeness (QED) is 0.448. The minimum Gasteiger partial charge on any atom is -0.467 e. The molecular formula is C8H8BrIO2Si. The maximum atomic E-state index is 11.4. The third-order valence-corrected chi connectivity index (χ3v) is 4.30. The second kappa shape index (κ2) is 5.11. The molecule has 0 saturated heterocycles. The van der Waals surface area contributed by atoms with Crippen LogP contribution in [0.15, 0.2) is 22.7 Å². The topological polar surface area (TPSA) is 26.3 Å². The van der Waals surface area contributed by atoms with Crippen LogP contribution >= 0.6 is 38.5 Å². The molecule has 0 atom stereocenters. The molecule has 0 aromatic heterocycles. The highest BCUT2D eigenvalue weighted by atomic mass is 127. The van der Waals surface area contributed by atoms with Crippen molar-refractivity contribution in [2.45, 2.75) is 0 Å². The van der Waals surface area contributed by atoms with Gasteiger partial charge in [-0.05, 0) is 50.7 Å². The highest BCUT2D eigenvalue weighted by molar-refractivity contribution is 14.1. The van der Waals surface area contributed by atoms with Gasteiger partial charge in [-0.1, -0.05) is 6.07 Å². The Kier molecular flexibility index (Phi) is 4.40. The summed E-state index contributed by atoms with van der Waals surface area (Å²) < 4.78 is 6.79. The minimum absolute atomic E-state index is 0.235. The first kappa shape index (κ1) is 11.2. The van der Waals surface area contributed by atoms with Gasteiger partial charge in [0.1, 0.15) is 0 Å². The SMILES string of the molecule is O=C(OC[SiH3])c1cccc(Br)c1I. The lowest BCUT2D eigenvalue weighted by Crippen LogP contribution is -2.08. The summed E-state index contributed by atoms with van der Waals surface area (Å²) >= 11 is 5.48. The van der Waals surface area contributed by atoms with Crippen molar-refractivity contribution in [1.29, 1.82) is 0 Å². The second-order valence-electron chi connectivity index (χ2n) is 2.32. The molecule has 1 aromatic rings. The van der Waals surface area contributed by atoms with Crippen LogP contribution in [0.3, 0.4) is 0 Å². The molecule has 2 nitrogen and oxygen atoms in total. The van der Waals surface area contributed by atoms with Crippen molar-refractivity contribution in [3.8, 4) is 0 Å². The summed E-state index contributed by atoms with van der Waals surface area (Å²) in [6, 6.07) is 5.50. The second-order valence-corrected chi connectivity index (χ2v) is 4.83. The van der Waals surface area contributed by atoms with Crippen molar-refractivity contribution in [2.24, 2.45) is 0 Å². The molecule has 13 heavy (non-hydrogen) atoms. The molecule has 70 valence electrons. The molecule has 0 radical (unpaired) electrons. The van der Waals surface area contributed by atoms with E-state index in [1.807, 2.05) is 12.1 Å². The molecule has 0 aliphatic carbocycles. The van der Waals surface area contributed by atoms with E-state index in [1.54, 1.807) is 6.07 Å². The summed E-state index contributed by atoms with van der Waals surface area (Å²) in [7, 11) is 0.877. The first-order chi connectivity index (χ1) is 6.16. The van der Waals surface area contributed by atoms with E-state index < -0.39 is 0 Å². The Bertz CT molecular complexity index is 330. The van der Waals surface area contributed by atoms with Crippen LogP contribution in [0.5, 0.6) is 0 Å². The standard InChI is InChI=1S/C8H8BrIO2Si/c9-6-3-1-2-5(7(6)10)8(11)12-4-13/h1-3H,4H2,13H3. The molecule has 0 unspecified atom stereocenters. The highest BCUT2D eigenvalue weighted by Gasteiger charge is 2.11. The van der Waals surface area contributed by atoms with Crippen molar-refractivity contribution < 1.29 is 9.53 Å². The average molecular weight is 371 g/mol. The summed E-state index contributed by atoms with van der Waals surface area (Å²) in [5.41, 5.74) is 0.630. The predicted octanol–water partition coefficient (Wildman–Crippen LogP) is 1.53. The van der Waals surface area contributed by atoms with Gasteiger partial charge in [0.15, 0.2) is 0 Å². The first-order valence-electron chi connectivity index (χ1n) is 3.78. The van der Waals surface area contributed by atoms with Crippen molar-refractivity contribution in [1.82, 2.24) is 0 Å². The molecular weight excluding hydrogens is 363 g/mol. The van der Waals surface area contributed by atoms with Crippen LogP contribution in [0, 0.1) is 3.57 Å². The van der Waals surface area contributed by atoms with Gasteiger partial charge in [0.05, 0.1) is 22.0 Å². The zero-order chi connectivity index (χ0) is 9.84. The molecule has 0 amide bonds. The number of halogens is 2. The van der Waals surface area contributed by atoms with Crippen LogP contribution in [0.4, 0.5) is 0 Å². The molecule has 0 bridgehead atoms. The lowest BCUT2D eigenvalue weighted by atomic mass is 10.2. The molecule has 0 N–H and O–H groups in total. The van der Waals surface area contributed by atoms with E-state index in [4.69, 9.17) is 4.74 Å². The normalized spacial score (nSPS) is 10.0. The number of carbonyl (C=O) groups excluding carboxylic acids is 1. The largest absolute Gasteiger partial charge is 0.467 e. The molecule has 0 aliphatic heterocycles. The fourth-order valence-corrected chi connectivity index (χ4v) is 2.08. The number of esters is 1. The number of carbonyl (C=O) groups is 1. The Morgan fingerprint density at radius 1 is 1.62 bits per heavy atom. The Hall–Kier alpha value is 0.117. The van der Waals surface area contributed by atoms with Gasteiger partial charge >= 0.3 is 5.97 Å². The van der Waals surface area contributed by atoms with Crippen LogP contribution in [-0.2, 0) is 4.74 Å². The molecule has 0 saturated carbocycles. The van der Waals surface area contributed by atoms with Crippen molar-refractivity contribution >= 4 is 54.7 Å². The number of hydrogen-bond donors (Lipinski definition) is 0. The Labute approximate surface area is 102 Å². The average Bonchev–Trinajstić information content (AvgIpc) is 2.10. The number of hydrogen-bond acceptors (Lipinski definition) is 2. The molecule has 0 fully saturated rings. The van der Waals surface area contributed by atoms with E-state index in [1.165, 1.54) is 0 Å². The Morgan fingerprint density at radius 3 is 2.92 bits per heavy atom. The molecule has 0 heterocycles. The van der Waals surface area contributed by atoms with Crippen LogP contribution in [0.25, 0.3) is 0 Å². The van der Waals surface area contributed by atoms with Crippen LogP contribution in [-0.4, -0.2) is 22.4 Å². The van der Waals surface area contributed by atoms with Gasteiger partial charge in [0.25, 0.3) is 0 Å². The molecule has 5 heteroatoms. The summed E-state index contributed by atoms with van der Waals surface area (Å²) in [6.07, 6.45) is 0.543. The lowest BCUT2D eigenvalue weighted by molar-refractivity contribution is 0.0572. The van der Waals surface area contributed by atoms with E-state index in [9.17, 15) is 4.79 Å². The van der Waals surface area contributed by atoms with Gasteiger partial charge < -0.3 is 4.74 Å². The predicted molar refractivity (Wildman–Crippen MR) is 67.1 cm³/mol. The van der Waals surface area contributed by atoms with Gasteiger partial charge in [-0.15, -0.1) is 0 Å². The minimum atomic E-state index is -0.235. The van der Waals surface area contributed by atoms with Gasteiger partial charge in [0, 0.05) is 8.04 Å². The smallest absolute Gasteiger partial charge is 0.338 e. The number of ether oxygens (including phenoxy) is 1. The maximum absolute atomic E-state index is 11.4.